The molecule has 1 N–H and O–H groups in total. The van der Waals surface area contributed by atoms with Crippen molar-refractivity contribution in [1.29, 1.82) is 0 Å². The molecular weight excluding hydrogens is 622 g/mol. The number of hydrogen-bond donors (Lipinski definition) is 1. The summed E-state index contributed by atoms with van der Waals surface area (Å²) in [5, 5.41) is 3.46. The van der Waals surface area contributed by atoms with Gasteiger partial charge in [-0.25, -0.2) is 8.42 Å². The molecule has 4 aromatic rings. The fourth-order valence-corrected chi connectivity index (χ4v) is 6.53. The summed E-state index contributed by atoms with van der Waals surface area (Å²) >= 11 is 6.56. The molecule has 2 atom stereocenters. The van der Waals surface area contributed by atoms with Crippen LogP contribution in [0.5, 0.6) is 5.75 Å². The number of carbonyl (C=O) groups is 2. The topological polar surface area (TPSA) is 96.0 Å². The number of rotatable bonds is 14. The van der Waals surface area contributed by atoms with Gasteiger partial charge in [0.1, 0.15) is 18.3 Å². The van der Waals surface area contributed by atoms with E-state index in [4.69, 9.17) is 16.3 Å². The van der Waals surface area contributed by atoms with Crippen LogP contribution in [0, 0.1) is 6.92 Å². The van der Waals surface area contributed by atoms with Crippen molar-refractivity contribution >= 4 is 39.1 Å². The van der Waals surface area contributed by atoms with E-state index in [0.29, 0.717) is 22.8 Å². The number of ether oxygens (including phenoxy) is 1. The molecule has 0 unspecified atom stereocenters. The van der Waals surface area contributed by atoms with E-state index in [0.717, 1.165) is 15.4 Å². The van der Waals surface area contributed by atoms with Gasteiger partial charge in [-0.05, 0) is 73.9 Å². The number of methoxy groups -OCH3 is 1. The van der Waals surface area contributed by atoms with Gasteiger partial charge < -0.3 is 15.0 Å². The standard InChI is InChI=1S/C36H40ClN3O5S/c1-5-27(3)38-36(42)34(23-28-11-7-6-8-12-28)39(24-29-13-9-10-14-33(29)37)35(41)25-40(30-17-19-31(45-4)20-18-30)46(43,44)32-21-15-26(2)16-22-32/h6-22,27,34H,5,23-25H2,1-4H3,(H,38,42)/t27-,34-/m1/s1. The summed E-state index contributed by atoms with van der Waals surface area (Å²) in [7, 11) is -2.69. The molecule has 0 bridgehead atoms. The first-order chi connectivity index (χ1) is 22.0. The molecule has 0 radical (unpaired) electrons. The van der Waals surface area contributed by atoms with Crippen molar-refractivity contribution < 1.29 is 22.7 Å². The zero-order chi connectivity index (χ0) is 33.3. The first-order valence-corrected chi connectivity index (χ1v) is 17.0. The summed E-state index contributed by atoms with van der Waals surface area (Å²) in [6.45, 7) is 5.16. The third kappa shape index (κ3) is 8.68. The van der Waals surface area contributed by atoms with Gasteiger partial charge in [0.2, 0.25) is 11.8 Å². The van der Waals surface area contributed by atoms with Crippen molar-refractivity contribution in [2.75, 3.05) is 18.0 Å². The number of aryl methyl sites for hydroxylation is 1. The molecular formula is C36H40ClN3O5S. The fourth-order valence-electron chi connectivity index (χ4n) is 4.92. The van der Waals surface area contributed by atoms with Gasteiger partial charge in [-0.2, -0.15) is 0 Å². The monoisotopic (exact) mass is 661 g/mol. The van der Waals surface area contributed by atoms with E-state index < -0.39 is 28.5 Å². The SMILES string of the molecule is CC[C@@H](C)NC(=O)[C@@H](Cc1ccccc1)N(Cc1ccccc1Cl)C(=O)CN(c1ccc(OC)cc1)S(=O)(=O)c1ccc(C)cc1. The number of halogens is 1. The van der Waals surface area contributed by atoms with E-state index in [9.17, 15) is 18.0 Å². The lowest BCUT2D eigenvalue weighted by Crippen LogP contribution is -2.54. The number of amides is 2. The number of sulfonamides is 1. The normalized spacial score (nSPS) is 12.5. The molecule has 8 nitrogen and oxygen atoms in total. The van der Waals surface area contributed by atoms with Crippen LogP contribution in [0.1, 0.15) is 37.0 Å². The molecule has 0 saturated heterocycles. The molecule has 0 aliphatic rings. The van der Waals surface area contributed by atoms with Crippen molar-refractivity contribution in [1.82, 2.24) is 10.2 Å². The average molecular weight is 662 g/mol. The van der Waals surface area contributed by atoms with Crippen LogP contribution < -0.4 is 14.4 Å². The van der Waals surface area contributed by atoms with Gasteiger partial charge in [-0.3, -0.25) is 13.9 Å². The number of anilines is 1. The van der Waals surface area contributed by atoms with Crippen LogP contribution in [0.3, 0.4) is 0 Å². The molecule has 0 spiro atoms. The fraction of sp³-hybridized carbons (Fsp3) is 0.278. The van der Waals surface area contributed by atoms with Crippen LogP contribution in [-0.2, 0) is 32.6 Å². The summed E-state index contributed by atoms with van der Waals surface area (Å²) in [4.78, 5) is 30.0. The van der Waals surface area contributed by atoms with Gasteiger partial charge in [0.05, 0.1) is 17.7 Å². The van der Waals surface area contributed by atoms with Gasteiger partial charge in [-0.1, -0.05) is 84.8 Å². The van der Waals surface area contributed by atoms with Crippen LogP contribution >= 0.6 is 11.6 Å². The highest BCUT2D eigenvalue weighted by atomic mass is 35.5. The Morgan fingerprint density at radius 1 is 0.891 bits per heavy atom. The predicted molar refractivity (Wildman–Crippen MR) is 183 cm³/mol. The molecule has 0 heterocycles. The zero-order valence-corrected chi connectivity index (χ0v) is 28.1. The maximum absolute atomic E-state index is 14.6. The average Bonchev–Trinajstić information content (AvgIpc) is 3.06. The van der Waals surface area contributed by atoms with Gasteiger partial charge in [0, 0.05) is 24.0 Å². The van der Waals surface area contributed by atoms with Crippen molar-refractivity contribution in [2.24, 2.45) is 0 Å². The molecule has 4 rings (SSSR count). The number of hydrogen-bond acceptors (Lipinski definition) is 5. The van der Waals surface area contributed by atoms with Gasteiger partial charge >= 0.3 is 0 Å². The van der Waals surface area contributed by atoms with Crippen molar-refractivity contribution in [3.63, 3.8) is 0 Å². The Bertz CT molecular complexity index is 1720. The van der Waals surface area contributed by atoms with E-state index >= 15 is 0 Å². The molecule has 0 fully saturated rings. The number of benzene rings is 4. The largest absolute Gasteiger partial charge is 0.497 e. The van der Waals surface area contributed by atoms with E-state index in [1.54, 1.807) is 60.7 Å². The summed E-state index contributed by atoms with van der Waals surface area (Å²) in [5.74, 6) is -0.365. The van der Waals surface area contributed by atoms with Crippen molar-refractivity contribution in [3.8, 4) is 5.75 Å². The van der Waals surface area contributed by atoms with Gasteiger partial charge in [-0.15, -0.1) is 0 Å². The Hall–Kier alpha value is -4.34. The van der Waals surface area contributed by atoms with Crippen molar-refractivity contribution in [2.45, 2.75) is 57.1 Å². The Morgan fingerprint density at radius 3 is 2.13 bits per heavy atom. The molecule has 2 amide bonds. The first-order valence-electron chi connectivity index (χ1n) is 15.1. The molecule has 0 aromatic heterocycles. The van der Waals surface area contributed by atoms with Crippen LogP contribution in [0.25, 0.3) is 0 Å². The zero-order valence-electron chi connectivity index (χ0n) is 26.5. The molecule has 46 heavy (non-hydrogen) atoms. The van der Waals surface area contributed by atoms with Crippen molar-refractivity contribution in [3.05, 3.63) is 125 Å². The van der Waals surface area contributed by atoms with Gasteiger partial charge in [0.15, 0.2) is 0 Å². The minimum absolute atomic E-state index is 0.00896. The van der Waals surface area contributed by atoms with Crippen LogP contribution in [0.4, 0.5) is 5.69 Å². The predicted octanol–water partition coefficient (Wildman–Crippen LogP) is 6.41. The second-order valence-electron chi connectivity index (χ2n) is 11.2. The van der Waals surface area contributed by atoms with Crippen LogP contribution in [0.2, 0.25) is 5.02 Å². The summed E-state index contributed by atoms with van der Waals surface area (Å²) in [6.07, 6.45) is 0.912. The first kappa shape index (κ1) is 34.5. The Kier molecular flexibility index (Phi) is 11.8. The minimum Gasteiger partial charge on any atom is -0.497 e. The lowest BCUT2D eigenvalue weighted by atomic mass is 10.0. The second-order valence-corrected chi connectivity index (χ2v) is 13.4. The van der Waals surface area contributed by atoms with E-state index in [2.05, 4.69) is 5.32 Å². The highest BCUT2D eigenvalue weighted by molar-refractivity contribution is 7.92. The lowest BCUT2D eigenvalue weighted by Gasteiger charge is -2.34. The summed E-state index contributed by atoms with van der Waals surface area (Å²) in [6, 6.07) is 28.3. The Labute approximate surface area is 277 Å². The highest BCUT2D eigenvalue weighted by Gasteiger charge is 2.35. The number of nitrogens with zero attached hydrogens (tertiary/aromatic N) is 2. The molecule has 4 aromatic carbocycles. The number of nitrogens with one attached hydrogen (secondary N) is 1. The maximum Gasteiger partial charge on any atom is 0.264 e. The molecule has 0 aliphatic heterocycles. The van der Waals surface area contributed by atoms with Crippen LogP contribution in [-0.4, -0.2) is 50.9 Å². The van der Waals surface area contributed by atoms with E-state index in [1.165, 1.54) is 24.1 Å². The Morgan fingerprint density at radius 2 is 1.52 bits per heavy atom. The molecule has 0 aliphatic carbocycles. The summed E-state index contributed by atoms with van der Waals surface area (Å²) < 4.78 is 34.7. The smallest absolute Gasteiger partial charge is 0.264 e. The van der Waals surface area contributed by atoms with Crippen LogP contribution in [0.15, 0.2) is 108 Å². The Balaban J connectivity index is 1.82. The number of carbonyl (C=O) groups excluding carboxylic acids is 2. The second kappa shape index (κ2) is 15.8. The quantitative estimate of drug-likeness (QED) is 0.169. The third-order valence-corrected chi connectivity index (χ3v) is 9.98. The summed E-state index contributed by atoms with van der Waals surface area (Å²) in [5.41, 5.74) is 2.65. The third-order valence-electron chi connectivity index (χ3n) is 7.82. The minimum atomic E-state index is -4.21. The molecule has 10 heteroatoms. The van der Waals surface area contributed by atoms with Gasteiger partial charge in [0.25, 0.3) is 10.0 Å². The molecule has 0 saturated carbocycles. The van der Waals surface area contributed by atoms with E-state index in [-0.39, 0.29) is 35.5 Å². The highest BCUT2D eigenvalue weighted by Crippen LogP contribution is 2.28. The lowest BCUT2D eigenvalue weighted by molar-refractivity contribution is -0.140. The van der Waals surface area contributed by atoms with E-state index in [1.807, 2.05) is 51.1 Å². The maximum atomic E-state index is 14.6. The molecule has 242 valence electrons.